The maximum atomic E-state index is 13.4. The maximum Gasteiger partial charge on any atom is 0.276 e. The molecule has 0 aliphatic carbocycles. The van der Waals surface area contributed by atoms with Gasteiger partial charge in [-0.25, -0.2) is 4.90 Å². The summed E-state index contributed by atoms with van der Waals surface area (Å²) in [6.45, 7) is 1.88. The average molecular weight is 384 g/mol. The van der Waals surface area contributed by atoms with Crippen LogP contribution in [0.2, 0.25) is 0 Å². The number of carbonyl (C=O) groups is 2. The molecule has 0 fully saturated rings. The van der Waals surface area contributed by atoms with Gasteiger partial charge in [-0.05, 0) is 48.4 Å². The number of para-hydroxylation sites is 1. The molecule has 0 spiro atoms. The third-order valence-electron chi connectivity index (χ3n) is 4.78. The number of nitro groups is 1. The molecule has 0 saturated heterocycles. The Hall–Kier alpha value is -4.06. The Morgan fingerprint density at radius 2 is 1.55 bits per heavy atom. The predicted octanol–water partition coefficient (Wildman–Crippen LogP) is 4.63. The van der Waals surface area contributed by atoms with Gasteiger partial charge < -0.3 is 0 Å². The molecular formula is C23H16N2O4. The normalized spacial score (nSPS) is 14.8. The van der Waals surface area contributed by atoms with Crippen LogP contribution < -0.4 is 4.90 Å². The first-order valence-corrected chi connectivity index (χ1v) is 8.97. The molecule has 0 atom stereocenters. The molecule has 0 bridgehead atoms. The second kappa shape index (κ2) is 7.16. The lowest BCUT2D eigenvalue weighted by Crippen LogP contribution is -2.41. The van der Waals surface area contributed by atoms with Crippen molar-refractivity contribution in [3.63, 3.8) is 0 Å². The van der Waals surface area contributed by atoms with Crippen molar-refractivity contribution in [3.05, 3.63) is 105 Å². The largest absolute Gasteiger partial charge is 0.276 e. The Labute approximate surface area is 166 Å². The van der Waals surface area contributed by atoms with Crippen LogP contribution in [0.4, 0.5) is 11.4 Å². The van der Waals surface area contributed by atoms with E-state index in [0.717, 1.165) is 10.5 Å². The predicted molar refractivity (Wildman–Crippen MR) is 110 cm³/mol. The Kier molecular flexibility index (Phi) is 4.52. The summed E-state index contributed by atoms with van der Waals surface area (Å²) in [6.07, 6.45) is 1.48. The SMILES string of the molecule is Cc1cccc(N2C(=O)C(=Cc3ccccc3[N+](=O)[O-])c3ccccc3C2=O)c1. The molecule has 6 nitrogen and oxygen atoms in total. The van der Waals surface area contributed by atoms with Gasteiger partial charge in [-0.3, -0.25) is 19.7 Å². The van der Waals surface area contributed by atoms with Gasteiger partial charge in [0.05, 0.1) is 16.2 Å². The van der Waals surface area contributed by atoms with Crippen molar-refractivity contribution in [2.75, 3.05) is 4.90 Å². The number of aryl methyl sites for hydroxylation is 1. The smallest absolute Gasteiger partial charge is 0.268 e. The van der Waals surface area contributed by atoms with Gasteiger partial charge in [0.15, 0.2) is 0 Å². The standard InChI is InChI=1S/C23H16N2O4/c1-15-7-6-9-17(13-15)24-22(26)19-11-4-3-10-18(19)20(23(24)27)14-16-8-2-5-12-21(16)25(28)29/h2-14H,1H3. The van der Waals surface area contributed by atoms with E-state index >= 15 is 0 Å². The summed E-state index contributed by atoms with van der Waals surface area (Å²) >= 11 is 0. The highest BCUT2D eigenvalue weighted by Gasteiger charge is 2.36. The van der Waals surface area contributed by atoms with Crippen LogP contribution in [0.1, 0.15) is 27.0 Å². The van der Waals surface area contributed by atoms with Crippen molar-refractivity contribution in [3.8, 4) is 0 Å². The van der Waals surface area contributed by atoms with E-state index in [4.69, 9.17) is 0 Å². The van der Waals surface area contributed by atoms with Crippen molar-refractivity contribution in [1.82, 2.24) is 0 Å². The minimum absolute atomic E-state index is 0.107. The molecule has 3 aromatic rings. The van der Waals surface area contributed by atoms with Gasteiger partial charge in [-0.2, -0.15) is 0 Å². The Morgan fingerprint density at radius 3 is 2.28 bits per heavy atom. The van der Waals surface area contributed by atoms with E-state index in [1.165, 1.54) is 12.1 Å². The molecule has 6 heteroatoms. The topological polar surface area (TPSA) is 80.5 Å². The van der Waals surface area contributed by atoms with Crippen LogP contribution in [0.25, 0.3) is 11.6 Å². The first-order chi connectivity index (χ1) is 14.0. The average Bonchev–Trinajstić information content (AvgIpc) is 2.71. The van der Waals surface area contributed by atoms with Crippen LogP contribution in [0.5, 0.6) is 0 Å². The molecule has 0 aromatic heterocycles. The van der Waals surface area contributed by atoms with Crippen molar-refractivity contribution < 1.29 is 14.5 Å². The number of nitro benzene ring substituents is 1. The van der Waals surface area contributed by atoms with E-state index in [9.17, 15) is 19.7 Å². The first-order valence-electron chi connectivity index (χ1n) is 8.97. The van der Waals surface area contributed by atoms with E-state index in [1.54, 1.807) is 60.7 Å². The Balaban J connectivity index is 1.94. The van der Waals surface area contributed by atoms with Crippen LogP contribution in [-0.2, 0) is 4.79 Å². The van der Waals surface area contributed by atoms with E-state index < -0.39 is 16.7 Å². The molecule has 1 heterocycles. The fraction of sp³-hybridized carbons (Fsp3) is 0.0435. The summed E-state index contributed by atoms with van der Waals surface area (Å²) in [4.78, 5) is 38.5. The number of carbonyl (C=O) groups excluding carboxylic acids is 2. The zero-order chi connectivity index (χ0) is 20.5. The minimum Gasteiger partial charge on any atom is -0.268 e. The van der Waals surface area contributed by atoms with Gasteiger partial charge >= 0.3 is 0 Å². The van der Waals surface area contributed by atoms with E-state index in [-0.39, 0.29) is 11.3 Å². The summed E-state index contributed by atoms with van der Waals surface area (Å²) in [6, 6.07) is 20.1. The van der Waals surface area contributed by atoms with Crippen molar-refractivity contribution in [1.29, 1.82) is 0 Å². The van der Waals surface area contributed by atoms with Crippen LogP contribution in [-0.4, -0.2) is 16.7 Å². The van der Waals surface area contributed by atoms with E-state index in [1.807, 2.05) is 13.0 Å². The number of nitrogens with zero attached hydrogens (tertiary/aromatic N) is 2. The molecule has 142 valence electrons. The Morgan fingerprint density at radius 1 is 0.862 bits per heavy atom. The van der Waals surface area contributed by atoms with Crippen LogP contribution in [0.15, 0.2) is 72.8 Å². The van der Waals surface area contributed by atoms with E-state index in [0.29, 0.717) is 22.4 Å². The Bertz CT molecular complexity index is 1200. The summed E-state index contributed by atoms with van der Waals surface area (Å²) in [5, 5.41) is 11.4. The lowest BCUT2D eigenvalue weighted by atomic mass is 9.91. The number of amides is 2. The van der Waals surface area contributed by atoms with Crippen LogP contribution in [0, 0.1) is 17.0 Å². The maximum absolute atomic E-state index is 13.4. The molecule has 0 saturated carbocycles. The van der Waals surface area contributed by atoms with Crippen LogP contribution >= 0.6 is 0 Å². The second-order valence-electron chi connectivity index (χ2n) is 6.70. The number of imide groups is 1. The van der Waals surface area contributed by atoms with Crippen molar-refractivity contribution in [2.24, 2.45) is 0 Å². The number of rotatable bonds is 3. The molecule has 29 heavy (non-hydrogen) atoms. The lowest BCUT2D eigenvalue weighted by Gasteiger charge is -2.29. The highest BCUT2D eigenvalue weighted by Crippen LogP contribution is 2.34. The number of hydrogen-bond acceptors (Lipinski definition) is 4. The number of anilines is 1. The second-order valence-corrected chi connectivity index (χ2v) is 6.70. The van der Waals surface area contributed by atoms with Crippen molar-refractivity contribution in [2.45, 2.75) is 6.92 Å². The zero-order valence-electron chi connectivity index (χ0n) is 15.5. The fourth-order valence-corrected chi connectivity index (χ4v) is 3.43. The molecule has 3 aromatic carbocycles. The molecule has 0 unspecified atom stereocenters. The van der Waals surface area contributed by atoms with Crippen LogP contribution in [0.3, 0.4) is 0 Å². The monoisotopic (exact) mass is 384 g/mol. The molecule has 4 rings (SSSR count). The summed E-state index contributed by atoms with van der Waals surface area (Å²) in [7, 11) is 0. The summed E-state index contributed by atoms with van der Waals surface area (Å²) < 4.78 is 0. The van der Waals surface area contributed by atoms with E-state index in [2.05, 4.69) is 0 Å². The molecular weight excluding hydrogens is 368 g/mol. The summed E-state index contributed by atoms with van der Waals surface area (Å²) in [5.74, 6) is -0.937. The lowest BCUT2D eigenvalue weighted by molar-refractivity contribution is -0.385. The van der Waals surface area contributed by atoms with Crippen molar-refractivity contribution >= 4 is 34.8 Å². The molecule has 0 radical (unpaired) electrons. The fourth-order valence-electron chi connectivity index (χ4n) is 3.43. The number of fused-ring (bicyclic) bond motifs is 1. The highest BCUT2D eigenvalue weighted by atomic mass is 16.6. The summed E-state index contributed by atoms with van der Waals surface area (Å²) in [5.41, 5.74) is 2.63. The van der Waals surface area contributed by atoms with Gasteiger partial charge in [-0.15, -0.1) is 0 Å². The minimum atomic E-state index is -0.516. The zero-order valence-corrected chi connectivity index (χ0v) is 15.5. The molecule has 1 aliphatic rings. The van der Waals surface area contributed by atoms with Gasteiger partial charge in [0.25, 0.3) is 17.5 Å². The van der Waals surface area contributed by atoms with Gasteiger partial charge in [0.2, 0.25) is 0 Å². The first kappa shape index (κ1) is 18.3. The van der Waals surface area contributed by atoms with Gasteiger partial charge in [0.1, 0.15) is 0 Å². The molecule has 1 aliphatic heterocycles. The van der Waals surface area contributed by atoms with Gasteiger partial charge in [-0.1, -0.05) is 42.5 Å². The molecule has 0 N–H and O–H groups in total. The molecule has 2 amide bonds. The third-order valence-corrected chi connectivity index (χ3v) is 4.78. The third kappa shape index (κ3) is 3.21. The van der Waals surface area contributed by atoms with Gasteiger partial charge in [0, 0.05) is 17.2 Å². The highest BCUT2D eigenvalue weighted by molar-refractivity contribution is 6.43. The number of benzene rings is 3. The quantitative estimate of drug-likeness (QED) is 0.285. The number of hydrogen-bond donors (Lipinski definition) is 0.